The van der Waals surface area contributed by atoms with E-state index in [9.17, 15) is 15.4 Å². The van der Waals surface area contributed by atoms with Crippen LogP contribution in [0, 0.1) is 35.3 Å². The first-order valence-corrected chi connectivity index (χ1v) is 10.0. The largest absolute Gasteiger partial charge is 0.496 e. The fraction of sp³-hybridized carbons (Fsp3) is 0.217. The van der Waals surface area contributed by atoms with E-state index in [2.05, 4.69) is 16.3 Å². The molecule has 2 aromatic carbocycles. The SMILES string of the molecule is COc1ccc([C@@H]2C(C#N)=C(N)Oc3n[nH]c(C)c32)cc1COc1ccc([N+](=O)[O-])c(C)c1. The van der Waals surface area contributed by atoms with Crippen LogP contribution in [0.3, 0.4) is 0 Å². The summed E-state index contributed by atoms with van der Waals surface area (Å²) in [6.07, 6.45) is 0. The molecule has 0 radical (unpaired) electrons. The van der Waals surface area contributed by atoms with E-state index in [0.717, 1.165) is 22.4 Å². The van der Waals surface area contributed by atoms with Crippen molar-refractivity contribution in [2.75, 3.05) is 7.11 Å². The third-order valence-corrected chi connectivity index (χ3v) is 5.53. The van der Waals surface area contributed by atoms with Crippen LogP contribution in [0.1, 0.15) is 33.9 Å². The van der Waals surface area contributed by atoms with Gasteiger partial charge in [-0.1, -0.05) is 6.07 Å². The first-order chi connectivity index (χ1) is 15.8. The van der Waals surface area contributed by atoms with E-state index >= 15 is 0 Å². The fourth-order valence-corrected chi connectivity index (χ4v) is 3.91. The summed E-state index contributed by atoms with van der Waals surface area (Å²) in [6, 6.07) is 12.3. The number of nitro benzene ring substituents is 1. The molecule has 2 heterocycles. The molecule has 4 rings (SSSR count). The van der Waals surface area contributed by atoms with Crippen LogP contribution in [0.2, 0.25) is 0 Å². The molecule has 0 aliphatic carbocycles. The molecule has 1 aromatic heterocycles. The van der Waals surface area contributed by atoms with Gasteiger partial charge in [-0.25, -0.2) is 0 Å². The van der Waals surface area contributed by atoms with E-state index in [-0.39, 0.29) is 23.8 Å². The summed E-state index contributed by atoms with van der Waals surface area (Å²) < 4.78 is 16.9. The lowest BCUT2D eigenvalue weighted by Crippen LogP contribution is -2.21. The second-order valence-electron chi connectivity index (χ2n) is 7.56. The van der Waals surface area contributed by atoms with Gasteiger partial charge in [0.1, 0.15) is 29.7 Å². The van der Waals surface area contributed by atoms with Crippen LogP contribution >= 0.6 is 0 Å². The van der Waals surface area contributed by atoms with Crippen LogP contribution in [0.5, 0.6) is 17.4 Å². The maximum absolute atomic E-state index is 11.0. The molecular formula is C23H21N5O5. The topological polar surface area (TPSA) is 149 Å². The normalized spacial score (nSPS) is 14.8. The minimum absolute atomic E-state index is 0.0106. The predicted molar refractivity (Wildman–Crippen MR) is 118 cm³/mol. The van der Waals surface area contributed by atoms with Gasteiger partial charge in [-0.05, 0) is 43.7 Å². The van der Waals surface area contributed by atoms with E-state index in [1.807, 2.05) is 19.1 Å². The maximum atomic E-state index is 11.0. The van der Waals surface area contributed by atoms with Crippen molar-refractivity contribution >= 4 is 5.69 Å². The quantitative estimate of drug-likeness (QED) is 0.429. The van der Waals surface area contributed by atoms with Gasteiger partial charge in [0, 0.05) is 28.5 Å². The molecule has 10 nitrogen and oxygen atoms in total. The summed E-state index contributed by atoms with van der Waals surface area (Å²) in [4.78, 5) is 10.6. The number of rotatable bonds is 6. The molecule has 0 spiro atoms. The molecule has 0 bridgehead atoms. The number of nitrogens with one attached hydrogen (secondary N) is 1. The van der Waals surface area contributed by atoms with E-state index in [1.165, 1.54) is 6.07 Å². The van der Waals surface area contributed by atoms with Gasteiger partial charge in [-0.3, -0.25) is 15.2 Å². The molecule has 0 saturated carbocycles. The van der Waals surface area contributed by atoms with Crippen molar-refractivity contribution in [2.24, 2.45) is 5.73 Å². The Bertz CT molecular complexity index is 1320. The third-order valence-electron chi connectivity index (χ3n) is 5.53. The lowest BCUT2D eigenvalue weighted by atomic mass is 9.83. The summed E-state index contributed by atoms with van der Waals surface area (Å²) in [6.45, 7) is 3.65. The lowest BCUT2D eigenvalue weighted by Gasteiger charge is -2.24. The second-order valence-corrected chi connectivity index (χ2v) is 7.56. The molecule has 0 amide bonds. The summed E-state index contributed by atoms with van der Waals surface area (Å²) in [7, 11) is 1.56. The molecule has 33 heavy (non-hydrogen) atoms. The zero-order valence-corrected chi connectivity index (χ0v) is 18.2. The number of fused-ring (bicyclic) bond motifs is 1. The molecular weight excluding hydrogens is 426 g/mol. The lowest BCUT2D eigenvalue weighted by molar-refractivity contribution is -0.385. The van der Waals surface area contributed by atoms with Crippen molar-refractivity contribution in [3.8, 4) is 23.4 Å². The van der Waals surface area contributed by atoms with E-state index < -0.39 is 10.8 Å². The van der Waals surface area contributed by atoms with Crippen LogP contribution in [0.15, 0.2) is 47.9 Å². The van der Waals surface area contributed by atoms with Crippen molar-refractivity contribution in [1.82, 2.24) is 10.2 Å². The molecule has 0 saturated heterocycles. The molecule has 10 heteroatoms. The number of benzene rings is 2. The van der Waals surface area contributed by atoms with Gasteiger partial charge in [-0.2, -0.15) is 5.26 Å². The van der Waals surface area contributed by atoms with E-state index in [4.69, 9.17) is 19.9 Å². The molecule has 1 aliphatic heterocycles. The number of methoxy groups -OCH3 is 1. The molecule has 3 N–H and O–H groups in total. The highest BCUT2D eigenvalue weighted by Gasteiger charge is 2.34. The van der Waals surface area contributed by atoms with Crippen molar-refractivity contribution in [1.29, 1.82) is 5.26 Å². The molecule has 1 aliphatic rings. The van der Waals surface area contributed by atoms with Gasteiger partial charge < -0.3 is 19.9 Å². The number of hydrogen-bond donors (Lipinski definition) is 2. The number of aromatic nitrogens is 2. The monoisotopic (exact) mass is 447 g/mol. The average Bonchev–Trinajstić information content (AvgIpc) is 3.16. The van der Waals surface area contributed by atoms with E-state index in [1.54, 1.807) is 32.2 Å². The summed E-state index contributed by atoms with van der Waals surface area (Å²) in [5, 5.41) is 27.8. The standard InChI is InChI=1S/C23H21N5O5/c1-12-8-16(5-6-18(12)28(29)30)32-11-15-9-14(4-7-19(15)31-3)21-17(10-24)22(25)33-23-20(21)13(2)26-27-23/h4-9,21H,11,25H2,1-3H3,(H,26,27)/t21-/m1/s1. The van der Waals surface area contributed by atoms with Gasteiger partial charge >= 0.3 is 0 Å². The van der Waals surface area contributed by atoms with Gasteiger partial charge in [-0.15, -0.1) is 5.10 Å². The molecule has 168 valence electrons. The first kappa shape index (κ1) is 21.7. The number of aryl methyl sites for hydroxylation is 2. The Hall–Kier alpha value is -4.52. The number of allylic oxidation sites excluding steroid dienone is 1. The van der Waals surface area contributed by atoms with Crippen molar-refractivity contribution in [2.45, 2.75) is 26.4 Å². The molecule has 1 atom stereocenters. The van der Waals surface area contributed by atoms with Crippen LogP contribution in [0.25, 0.3) is 0 Å². The Balaban J connectivity index is 1.69. The van der Waals surface area contributed by atoms with Gasteiger partial charge in [0.15, 0.2) is 0 Å². The fourth-order valence-electron chi connectivity index (χ4n) is 3.91. The number of aromatic amines is 1. The molecule has 3 aromatic rings. The van der Waals surface area contributed by atoms with Crippen molar-refractivity contribution in [3.05, 3.63) is 85.9 Å². The number of H-pyrrole nitrogens is 1. The Morgan fingerprint density at radius 1 is 1.30 bits per heavy atom. The minimum Gasteiger partial charge on any atom is -0.496 e. The summed E-state index contributed by atoms with van der Waals surface area (Å²) in [5.74, 6) is 0.972. The van der Waals surface area contributed by atoms with E-state index in [0.29, 0.717) is 22.9 Å². The maximum Gasteiger partial charge on any atom is 0.272 e. The molecule has 0 unspecified atom stereocenters. The number of hydrogen-bond acceptors (Lipinski definition) is 8. The zero-order chi connectivity index (χ0) is 23.7. The number of nitrogens with two attached hydrogens (primary N) is 1. The first-order valence-electron chi connectivity index (χ1n) is 10.0. The highest BCUT2D eigenvalue weighted by molar-refractivity contribution is 5.56. The third kappa shape index (κ3) is 3.92. The van der Waals surface area contributed by atoms with Crippen molar-refractivity contribution < 1.29 is 19.1 Å². The van der Waals surface area contributed by atoms with Crippen LogP contribution in [0.4, 0.5) is 5.69 Å². The number of nitro groups is 1. The van der Waals surface area contributed by atoms with Crippen LogP contribution in [-0.4, -0.2) is 22.2 Å². The smallest absolute Gasteiger partial charge is 0.272 e. The minimum atomic E-state index is -0.469. The highest BCUT2D eigenvalue weighted by atomic mass is 16.6. The Kier molecular flexibility index (Phi) is 5.62. The van der Waals surface area contributed by atoms with Crippen LogP contribution in [-0.2, 0) is 6.61 Å². The predicted octanol–water partition coefficient (Wildman–Crippen LogP) is 3.74. The second kappa shape index (κ2) is 8.55. The number of nitrogens with zero attached hydrogens (tertiary/aromatic N) is 3. The van der Waals surface area contributed by atoms with Crippen molar-refractivity contribution in [3.63, 3.8) is 0 Å². The van der Waals surface area contributed by atoms with Gasteiger partial charge in [0.25, 0.3) is 5.69 Å². The van der Waals surface area contributed by atoms with Crippen LogP contribution < -0.4 is 19.9 Å². The average molecular weight is 447 g/mol. The number of nitriles is 1. The Labute approximate surface area is 189 Å². The zero-order valence-electron chi connectivity index (χ0n) is 18.2. The van der Waals surface area contributed by atoms with Gasteiger partial charge in [0.2, 0.25) is 11.8 Å². The van der Waals surface area contributed by atoms with Gasteiger partial charge in [0.05, 0.1) is 18.0 Å². The Morgan fingerprint density at radius 2 is 2.09 bits per heavy atom. The Morgan fingerprint density at radius 3 is 2.76 bits per heavy atom. The summed E-state index contributed by atoms with van der Waals surface area (Å²) >= 11 is 0. The molecule has 0 fully saturated rings. The number of ether oxygens (including phenoxy) is 3. The highest BCUT2D eigenvalue weighted by Crippen LogP contribution is 2.43. The summed E-state index contributed by atoms with van der Waals surface area (Å²) in [5.41, 5.74) is 9.85.